The van der Waals surface area contributed by atoms with Crippen LogP contribution in [-0.2, 0) is 0 Å². The van der Waals surface area contributed by atoms with Crippen LogP contribution in [0.15, 0.2) is 53.4 Å². The lowest BCUT2D eigenvalue weighted by atomic mass is 10.1. The highest BCUT2D eigenvalue weighted by Crippen LogP contribution is 2.30. The zero-order valence-electron chi connectivity index (χ0n) is 14.2. The van der Waals surface area contributed by atoms with Gasteiger partial charge in [0.15, 0.2) is 0 Å². The molecular formula is C18H18N6O2. The molecule has 0 spiro atoms. The summed E-state index contributed by atoms with van der Waals surface area (Å²) in [6.45, 7) is 0.705. The van der Waals surface area contributed by atoms with Gasteiger partial charge in [-0.05, 0) is 37.7 Å². The zero-order chi connectivity index (χ0) is 17.9. The molecule has 4 heterocycles. The van der Waals surface area contributed by atoms with Gasteiger partial charge in [-0.25, -0.2) is 0 Å². The first-order chi connectivity index (χ1) is 12.7. The van der Waals surface area contributed by atoms with Gasteiger partial charge in [-0.1, -0.05) is 11.2 Å². The van der Waals surface area contributed by atoms with E-state index < -0.39 is 0 Å². The second-order valence-electron chi connectivity index (χ2n) is 6.27. The Morgan fingerprint density at radius 3 is 2.85 bits per heavy atom. The Bertz CT molecular complexity index is 883. The van der Waals surface area contributed by atoms with Gasteiger partial charge in [0.2, 0.25) is 11.7 Å². The number of rotatable bonds is 4. The lowest BCUT2D eigenvalue weighted by Gasteiger charge is -2.14. The molecule has 8 heteroatoms. The van der Waals surface area contributed by atoms with E-state index in [0.29, 0.717) is 30.4 Å². The summed E-state index contributed by atoms with van der Waals surface area (Å²) < 4.78 is 5.46. The molecule has 132 valence electrons. The van der Waals surface area contributed by atoms with E-state index in [1.165, 1.54) is 0 Å². The van der Waals surface area contributed by atoms with Gasteiger partial charge in [-0.2, -0.15) is 4.98 Å². The second kappa shape index (κ2) is 7.01. The van der Waals surface area contributed by atoms with Crippen LogP contribution in [0.2, 0.25) is 0 Å². The number of nitrogens with zero attached hydrogens (tertiary/aromatic N) is 5. The van der Waals surface area contributed by atoms with Crippen LogP contribution in [0.4, 0.5) is 0 Å². The van der Waals surface area contributed by atoms with Crippen LogP contribution in [0.25, 0.3) is 11.4 Å². The summed E-state index contributed by atoms with van der Waals surface area (Å²) in [6, 6.07) is 8.91. The summed E-state index contributed by atoms with van der Waals surface area (Å²) in [5, 5.41) is 7.08. The van der Waals surface area contributed by atoms with E-state index in [4.69, 9.17) is 4.52 Å². The Kier molecular flexibility index (Phi) is 4.40. The third kappa shape index (κ3) is 3.31. The quantitative estimate of drug-likeness (QED) is 0.765. The average Bonchev–Trinajstić information content (AvgIpc) is 3.30. The van der Waals surface area contributed by atoms with E-state index >= 15 is 0 Å². The highest BCUT2D eigenvalue weighted by Gasteiger charge is 2.35. The fourth-order valence-corrected chi connectivity index (χ4v) is 3.14. The lowest BCUT2D eigenvalue weighted by molar-refractivity contribution is 0.0933. The molecule has 8 nitrogen and oxygen atoms in total. The van der Waals surface area contributed by atoms with Crippen molar-refractivity contribution in [1.82, 2.24) is 30.3 Å². The lowest BCUT2D eigenvalue weighted by Crippen LogP contribution is -2.36. The number of nitrogens with one attached hydrogen (secondary N) is 1. The first kappa shape index (κ1) is 16.3. The monoisotopic (exact) mass is 350 g/mol. The van der Waals surface area contributed by atoms with Crippen molar-refractivity contribution in [2.45, 2.75) is 18.5 Å². The number of pyridine rings is 2. The van der Waals surface area contributed by atoms with E-state index in [2.05, 4.69) is 30.3 Å². The van der Waals surface area contributed by atoms with Crippen LogP contribution in [0.5, 0.6) is 0 Å². The van der Waals surface area contributed by atoms with Gasteiger partial charge in [0.1, 0.15) is 5.69 Å². The Morgan fingerprint density at radius 2 is 2.08 bits per heavy atom. The minimum atomic E-state index is -0.173. The van der Waals surface area contributed by atoms with Gasteiger partial charge in [0, 0.05) is 36.7 Å². The van der Waals surface area contributed by atoms with Gasteiger partial charge in [-0.15, -0.1) is 0 Å². The van der Waals surface area contributed by atoms with Gasteiger partial charge in [-0.3, -0.25) is 19.7 Å². The third-order valence-electron chi connectivity index (χ3n) is 4.45. The Hall–Kier alpha value is -3.13. The zero-order valence-corrected chi connectivity index (χ0v) is 14.2. The predicted octanol–water partition coefficient (Wildman–Crippen LogP) is 1.70. The predicted molar refractivity (Wildman–Crippen MR) is 93.0 cm³/mol. The van der Waals surface area contributed by atoms with Gasteiger partial charge in [0.25, 0.3) is 5.91 Å². The number of hydrogen-bond donors (Lipinski definition) is 1. The standard InChI is InChI=1S/C18H18N6O2/c1-24-11-13(21-17(25)14-4-2-3-7-20-14)10-15(24)18-22-16(23-26-18)12-5-8-19-9-6-12/h2-9,13,15H,10-11H2,1H3,(H,21,25)/t13-,15-/m0/s1. The van der Waals surface area contributed by atoms with Crippen LogP contribution >= 0.6 is 0 Å². The van der Waals surface area contributed by atoms with Gasteiger partial charge >= 0.3 is 0 Å². The molecule has 3 aromatic heterocycles. The van der Waals surface area contributed by atoms with Crippen molar-refractivity contribution < 1.29 is 9.32 Å². The van der Waals surface area contributed by atoms with E-state index in [0.717, 1.165) is 5.56 Å². The smallest absolute Gasteiger partial charge is 0.270 e. The maximum absolute atomic E-state index is 12.3. The van der Waals surface area contributed by atoms with E-state index in [-0.39, 0.29) is 18.0 Å². The second-order valence-corrected chi connectivity index (χ2v) is 6.27. The first-order valence-corrected chi connectivity index (χ1v) is 8.37. The molecule has 3 aromatic rings. The Balaban J connectivity index is 1.44. The maximum Gasteiger partial charge on any atom is 0.270 e. The van der Waals surface area contributed by atoms with Crippen LogP contribution in [0, 0.1) is 0 Å². The largest absolute Gasteiger partial charge is 0.347 e. The highest BCUT2D eigenvalue weighted by molar-refractivity contribution is 5.92. The fourth-order valence-electron chi connectivity index (χ4n) is 3.14. The summed E-state index contributed by atoms with van der Waals surface area (Å²) in [6.07, 6.45) is 5.69. The number of hydrogen-bond acceptors (Lipinski definition) is 7. The summed E-state index contributed by atoms with van der Waals surface area (Å²) >= 11 is 0. The Labute approximate surface area is 150 Å². The van der Waals surface area contributed by atoms with Crippen LogP contribution in [0.1, 0.15) is 28.8 Å². The summed E-state index contributed by atoms with van der Waals surface area (Å²) in [5.41, 5.74) is 1.27. The molecule has 1 saturated heterocycles. The summed E-state index contributed by atoms with van der Waals surface area (Å²) in [5.74, 6) is 0.915. The topological polar surface area (TPSA) is 97.0 Å². The molecule has 1 N–H and O–H groups in total. The molecule has 4 rings (SSSR count). The molecular weight excluding hydrogens is 332 g/mol. The first-order valence-electron chi connectivity index (χ1n) is 8.37. The number of carbonyl (C=O) groups is 1. The molecule has 2 atom stereocenters. The maximum atomic E-state index is 12.3. The molecule has 26 heavy (non-hydrogen) atoms. The van der Waals surface area contributed by atoms with Crippen molar-refractivity contribution in [3.05, 3.63) is 60.5 Å². The van der Waals surface area contributed by atoms with Crippen LogP contribution < -0.4 is 5.32 Å². The van der Waals surface area contributed by atoms with Crippen LogP contribution in [0.3, 0.4) is 0 Å². The Morgan fingerprint density at radius 1 is 1.23 bits per heavy atom. The molecule has 1 aliphatic heterocycles. The molecule has 0 bridgehead atoms. The molecule has 0 aliphatic carbocycles. The number of likely N-dealkylation sites (tertiary alicyclic amines) is 1. The minimum absolute atomic E-state index is 0.00391. The third-order valence-corrected chi connectivity index (χ3v) is 4.45. The molecule has 0 saturated carbocycles. The van der Waals surface area contributed by atoms with Crippen molar-refractivity contribution in [3.8, 4) is 11.4 Å². The van der Waals surface area contributed by atoms with Crippen molar-refractivity contribution in [2.75, 3.05) is 13.6 Å². The van der Waals surface area contributed by atoms with Crippen molar-refractivity contribution in [3.63, 3.8) is 0 Å². The molecule has 1 amide bonds. The molecule has 0 aromatic carbocycles. The minimum Gasteiger partial charge on any atom is -0.347 e. The van der Waals surface area contributed by atoms with E-state index in [1.54, 1.807) is 36.8 Å². The number of amides is 1. The summed E-state index contributed by atoms with van der Waals surface area (Å²) in [7, 11) is 1.98. The molecule has 0 radical (unpaired) electrons. The summed E-state index contributed by atoms with van der Waals surface area (Å²) in [4.78, 5) is 27.0. The fraction of sp³-hybridized carbons (Fsp3) is 0.278. The van der Waals surface area contributed by atoms with E-state index in [1.807, 2.05) is 19.2 Å². The van der Waals surface area contributed by atoms with E-state index in [9.17, 15) is 4.79 Å². The van der Waals surface area contributed by atoms with Crippen molar-refractivity contribution in [1.29, 1.82) is 0 Å². The van der Waals surface area contributed by atoms with Gasteiger partial charge < -0.3 is 9.84 Å². The van der Waals surface area contributed by atoms with Crippen LogP contribution in [-0.4, -0.2) is 50.5 Å². The number of carbonyl (C=O) groups excluding carboxylic acids is 1. The van der Waals surface area contributed by atoms with Crippen molar-refractivity contribution >= 4 is 5.91 Å². The number of aromatic nitrogens is 4. The molecule has 0 unspecified atom stereocenters. The van der Waals surface area contributed by atoms with Gasteiger partial charge in [0.05, 0.1) is 6.04 Å². The number of likely N-dealkylation sites (N-methyl/N-ethyl adjacent to an activating group) is 1. The van der Waals surface area contributed by atoms with Crippen molar-refractivity contribution in [2.24, 2.45) is 0 Å². The normalized spacial score (nSPS) is 20.2. The molecule has 1 fully saturated rings. The highest BCUT2D eigenvalue weighted by atomic mass is 16.5. The SMILES string of the molecule is CN1C[C@@H](NC(=O)c2ccccn2)C[C@H]1c1nc(-c2ccncc2)no1. The molecule has 1 aliphatic rings. The average molecular weight is 350 g/mol.